The maximum Gasteiger partial charge on any atom is 0.0936 e. The summed E-state index contributed by atoms with van der Waals surface area (Å²) in [4.78, 5) is 2.34. The molecule has 1 heterocycles. The standard InChI is InChI=1S/C13H19NO2/c1-11-7-14(9-13(10-15)16-11)8-12-5-3-2-4-6-12/h2-6,11,13,15H,7-10H2,1H3/t11-,13?/m1/s1. The van der Waals surface area contributed by atoms with Crippen LogP contribution in [0.15, 0.2) is 30.3 Å². The second kappa shape index (κ2) is 5.43. The molecular weight excluding hydrogens is 202 g/mol. The zero-order valence-electron chi connectivity index (χ0n) is 9.67. The number of benzene rings is 1. The van der Waals surface area contributed by atoms with Gasteiger partial charge >= 0.3 is 0 Å². The van der Waals surface area contributed by atoms with E-state index in [-0.39, 0.29) is 18.8 Å². The van der Waals surface area contributed by atoms with Gasteiger partial charge in [-0.2, -0.15) is 0 Å². The fourth-order valence-corrected chi connectivity index (χ4v) is 2.21. The van der Waals surface area contributed by atoms with Gasteiger partial charge in [-0.05, 0) is 12.5 Å². The maximum atomic E-state index is 9.14. The Hall–Kier alpha value is -0.900. The summed E-state index contributed by atoms with van der Waals surface area (Å²) < 4.78 is 5.61. The third kappa shape index (κ3) is 3.04. The van der Waals surface area contributed by atoms with Crippen LogP contribution >= 0.6 is 0 Å². The third-order valence-corrected chi connectivity index (χ3v) is 2.85. The third-order valence-electron chi connectivity index (χ3n) is 2.85. The van der Waals surface area contributed by atoms with Crippen LogP contribution in [-0.4, -0.2) is 41.9 Å². The number of hydrogen-bond donors (Lipinski definition) is 1. The van der Waals surface area contributed by atoms with Crippen molar-refractivity contribution in [3.63, 3.8) is 0 Å². The highest BCUT2D eigenvalue weighted by Gasteiger charge is 2.24. The van der Waals surface area contributed by atoms with Crippen LogP contribution in [-0.2, 0) is 11.3 Å². The molecule has 2 rings (SSSR count). The Morgan fingerprint density at radius 1 is 1.31 bits per heavy atom. The lowest BCUT2D eigenvalue weighted by Gasteiger charge is -2.36. The van der Waals surface area contributed by atoms with Crippen LogP contribution in [0.2, 0.25) is 0 Å². The average Bonchev–Trinajstić information content (AvgIpc) is 2.29. The second-order valence-electron chi connectivity index (χ2n) is 4.43. The minimum atomic E-state index is -0.0348. The molecule has 0 saturated carbocycles. The van der Waals surface area contributed by atoms with Gasteiger partial charge in [0.05, 0.1) is 18.8 Å². The number of morpholine rings is 1. The van der Waals surface area contributed by atoms with Crippen molar-refractivity contribution in [1.29, 1.82) is 0 Å². The number of hydrogen-bond acceptors (Lipinski definition) is 3. The van der Waals surface area contributed by atoms with Gasteiger partial charge in [0.1, 0.15) is 0 Å². The number of aliphatic hydroxyl groups is 1. The molecule has 0 aliphatic carbocycles. The van der Waals surface area contributed by atoms with Gasteiger partial charge in [-0.15, -0.1) is 0 Å². The summed E-state index contributed by atoms with van der Waals surface area (Å²) in [5.74, 6) is 0. The molecule has 1 aromatic rings. The lowest BCUT2D eigenvalue weighted by atomic mass is 10.1. The lowest BCUT2D eigenvalue weighted by molar-refractivity contribution is -0.0972. The zero-order valence-corrected chi connectivity index (χ0v) is 9.67. The Morgan fingerprint density at radius 3 is 2.75 bits per heavy atom. The summed E-state index contributed by atoms with van der Waals surface area (Å²) in [6.07, 6.45) is 0.169. The minimum Gasteiger partial charge on any atom is -0.394 e. The Bertz CT molecular complexity index is 315. The van der Waals surface area contributed by atoms with E-state index in [1.54, 1.807) is 0 Å². The van der Waals surface area contributed by atoms with Crippen molar-refractivity contribution >= 4 is 0 Å². The van der Waals surface area contributed by atoms with Crippen molar-refractivity contribution in [2.24, 2.45) is 0 Å². The van der Waals surface area contributed by atoms with Crippen LogP contribution < -0.4 is 0 Å². The second-order valence-corrected chi connectivity index (χ2v) is 4.43. The predicted octanol–water partition coefficient (Wildman–Crippen LogP) is 1.27. The molecule has 1 saturated heterocycles. The van der Waals surface area contributed by atoms with Gasteiger partial charge in [0, 0.05) is 19.6 Å². The molecule has 0 radical (unpaired) electrons. The van der Waals surface area contributed by atoms with Crippen LogP contribution in [0, 0.1) is 0 Å². The predicted molar refractivity (Wildman–Crippen MR) is 63.1 cm³/mol. The highest BCUT2D eigenvalue weighted by atomic mass is 16.5. The molecule has 2 atom stereocenters. The van der Waals surface area contributed by atoms with Gasteiger partial charge in [-0.25, -0.2) is 0 Å². The number of nitrogens with zero attached hydrogens (tertiary/aromatic N) is 1. The van der Waals surface area contributed by atoms with Gasteiger partial charge in [0.15, 0.2) is 0 Å². The van der Waals surface area contributed by atoms with E-state index in [4.69, 9.17) is 9.84 Å². The Balaban J connectivity index is 1.94. The van der Waals surface area contributed by atoms with E-state index in [1.807, 2.05) is 6.07 Å². The van der Waals surface area contributed by atoms with E-state index >= 15 is 0 Å². The van der Waals surface area contributed by atoms with Crippen molar-refractivity contribution in [3.8, 4) is 0 Å². The molecule has 0 spiro atoms. The van der Waals surface area contributed by atoms with E-state index in [9.17, 15) is 0 Å². The zero-order chi connectivity index (χ0) is 11.4. The number of aliphatic hydroxyl groups excluding tert-OH is 1. The summed E-state index contributed by atoms with van der Waals surface area (Å²) in [6, 6.07) is 10.4. The van der Waals surface area contributed by atoms with Crippen molar-refractivity contribution < 1.29 is 9.84 Å². The van der Waals surface area contributed by atoms with Gasteiger partial charge in [-0.1, -0.05) is 30.3 Å². The highest BCUT2D eigenvalue weighted by molar-refractivity contribution is 5.14. The number of rotatable bonds is 3. The SMILES string of the molecule is C[C@@H]1CN(Cc2ccccc2)CC(CO)O1. The van der Waals surface area contributed by atoms with Crippen LogP contribution in [0.5, 0.6) is 0 Å². The van der Waals surface area contributed by atoms with Crippen LogP contribution in [0.4, 0.5) is 0 Å². The summed E-state index contributed by atoms with van der Waals surface area (Å²) in [5, 5.41) is 9.14. The van der Waals surface area contributed by atoms with Crippen LogP contribution in [0.3, 0.4) is 0 Å². The molecular formula is C13H19NO2. The molecule has 3 heteroatoms. The van der Waals surface area contributed by atoms with E-state index in [1.165, 1.54) is 5.56 Å². The van der Waals surface area contributed by atoms with Gasteiger partial charge < -0.3 is 9.84 Å². The molecule has 16 heavy (non-hydrogen) atoms. The molecule has 0 aromatic heterocycles. The first-order chi connectivity index (χ1) is 7.78. The topological polar surface area (TPSA) is 32.7 Å². The van der Waals surface area contributed by atoms with Gasteiger partial charge in [0.2, 0.25) is 0 Å². The molecule has 1 unspecified atom stereocenters. The molecule has 1 aliphatic heterocycles. The molecule has 0 amide bonds. The molecule has 1 fully saturated rings. The van der Waals surface area contributed by atoms with Crippen molar-refractivity contribution in [2.45, 2.75) is 25.7 Å². The quantitative estimate of drug-likeness (QED) is 0.834. The van der Waals surface area contributed by atoms with E-state index in [0.29, 0.717) is 0 Å². The first kappa shape index (κ1) is 11.6. The van der Waals surface area contributed by atoms with E-state index < -0.39 is 0 Å². The monoisotopic (exact) mass is 221 g/mol. The summed E-state index contributed by atoms with van der Waals surface area (Å²) in [6.45, 7) is 4.85. The highest BCUT2D eigenvalue weighted by Crippen LogP contribution is 2.13. The Morgan fingerprint density at radius 2 is 2.06 bits per heavy atom. The minimum absolute atomic E-state index is 0.0348. The molecule has 1 aliphatic rings. The van der Waals surface area contributed by atoms with Gasteiger partial charge in [-0.3, -0.25) is 4.90 Å². The van der Waals surface area contributed by atoms with Crippen molar-refractivity contribution in [3.05, 3.63) is 35.9 Å². The molecule has 88 valence electrons. The molecule has 3 nitrogen and oxygen atoms in total. The fourth-order valence-electron chi connectivity index (χ4n) is 2.21. The molecule has 1 N–H and O–H groups in total. The summed E-state index contributed by atoms with van der Waals surface area (Å²) in [5.41, 5.74) is 1.31. The lowest BCUT2D eigenvalue weighted by Crippen LogP contribution is -2.47. The summed E-state index contributed by atoms with van der Waals surface area (Å²) in [7, 11) is 0. The normalized spacial score (nSPS) is 26.9. The molecule has 1 aromatic carbocycles. The Labute approximate surface area is 96.6 Å². The van der Waals surface area contributed by atoms with E-state index in [0.717, 1.165) is 19.6 Å². The van der Waals surface area contributed by atoms with Crippen molar-refractivity contribution in [1.82, 2.24) is 4.90 Å². The average molecular weight is 221 g/mol. The van der Waals surface area contributed by atoms with Crippen LogP contribution in [0.1, 0.15) is 12.5 Å². The first-order valence-corrected chi connectivity index (χ1v) is 5.80. The maximum absolute atomic E-state index is 9.14. The number of ether oxygens (including phenoxy) is 1. The van der Waals surface area contributed by atoms with Crippen LogP contribution in [0.25, 0.3) is 0 Å². The largest absolute Gasteiger partial charge is 0.394 e. The van der Waals surface area contributed by atoms with Crippen molar-refractivity contribution in [2.75, 3.05) is 19.7 Å². The molecule has 0 bridgehead atoms. The Kier molecular flexibility index (Phi) is 3.93. The smallest absolute Gasteiger partial charge is 0.0936 e. The van der Waals surface area contributed by atoms with Gasteiger partial charge in [0.25, 0.3) is 0 Å². The van der Waals surface area contributed by atoms with E-state index in [2.05, 4.69) is 36.1 Å². The summed E-state index contributed by atoms with van der Waals surface area (Å²) >= 11 is 0. The fraction of sp³-hybridized carbons (Fsp3) is 0.538. The first-order valence-electron chi connectivity index (χ1n) is 5.80.